The summed E-state index contributed by atoms with van der Waals surface area (Å²) in [4.78, 5) is 0. The Morgan fingerprint density at radius 1 is 0.920 bits per heavy atom. The molecule has 3 rings (SSSR count). The van der Waals surface area contributed by atoms with Gasteiger partial charge in [-0.25, -0.2) is 0 Å². The third kappa shape index (κ3) is 2.87. The highest BCUT2D eigenvalue weighted by atomic mass is 16.5. The topological polar surface area (TPSA) is 65.2 Å². The van der Waals surface area contributed by atoms with Crippen LogP contribution < -0.4 is 14.2 Å². The molecular formula is C19H20N2O4. The minimum absolute atomic E-state index is 0.421. The Kier molecular flexibility index (Phi) is 4.52. The zero-order valence-corrected chi connectivity index (χ0v) is 14.6. The second-order valence-corrected chi connectivity index (χ2v) is 5.56. The number of rotatable bonds is 5. The minimum atomic E-state index is 0.421. The van der Waals surface area contributed by atoms with Crippen molar-refractivity contribution in [3.8, 4) is 17.2 Å². The quantitative estimate of drug-likeness (QED) is 0.439. The van der Waals surface area contributed by atoms with Crippen LogP contribution in [-0.4, -0.2) is 36.8 Å². The maximum absolute atomic E-state index is 9.63. The number of benzene rings is 2. The van der Waals surface area contributed by atoms with Crippen LogP contribution in [0.5, 0.6) is 17.2 Å². The van der Waals surface area contributed by atoms with Gasteiger partial charge in [0.15, 0.2) is 11.5 Å². The molecule has 0 atom stereocenters. The van der Waals surface area contributed by atoms with Crippen LogP contribution in [0.15, 0.2) is 47.8 Å². The van der Waals surface area contributed by atoms with Gasteiger partial charge in [0.2, 0.25) is 5.75 Å². The van der Waals surface area contributed by atoms with Gasteiger partial charge in [-0.3, -0.25) is 0 Å². The zero-order chi connectivity index (χ0) is 18.0. The fourth-order valence-corrected chi connectivity index (χ4v) is 2.93. The van der Waals surface area contributed by atoms with Gasteiger partial charge >= 0.3 is 0 Å². The standard InChI is InChI=1S/C19H20N2O4/c1-21-8-7-12-9-13(5-6-15(12)21)18(20-22)14-10-16(23-2)19(25-4)17(11-14)24-3/h5-11,22H,1-4H3/b20-18+. The van der Waals surface area contributed by atoms with Gasteiger partial charge in [-0.05, 0) is 30.3 Å². The molecule has 0 aliphatic heterocycles. The van der Waals surface area contributed by atoms with E-state index in [1.165, 1.54) is 0 Å². The van der Waals surface area contributed by atoms with Gasteiger partial charge in [0, 0.05) is 35.3 Å². The average Bonchev–Trinajstić information content (AvgIpc) is 3.02. The molecule has 0 unspecified atom stereocenters. The van der Waals surface area contributed by atoms with Crippen molar-refractivity contribution in [2.24, 2.45) is 12.2 Å². The minimum Gasteiger partial charge on any atom is -0.493 e. The SMILES string of the molecule is COc1cc(/C(=N/O)c2ccc3c(ccn3C)c2)cc(OC)c1OC. The van der Waals surface area contributed by atoms with Crippen molar-refractivity contribution >= 4 is 16.6 Å². The van der Waals surface area contributed by atoms with E-state index < -0.39 is 0 Å². The van der Waals surface area contributed by atoms with E-state index >= 15 is 0 Å². The Morgan fingerprint density at radius 2 is 1.60 bits per heavy atom. The smallest absolute Gasteiger partial charge is 0.203 e. The molecule has 3 aromatic rings. The molecule has 2 aromatic carbocycles. The first-order valence-corrected chi connectivity index (χ1v) is 7.70. The van der Waals surface area contributed by atoms with Gasteiger partial charge in [-0.15, -0.1) is 0 Å². The molecule has 0 bridgehead atoms. The van der Waals surface area contributed by atoms with Gasteiger partial charge in [-0.1, -0.05) is 11.2 Å². The lowest BCUT2D eigenvalue weighted by molar-refractivity contribution is 0.318. The first-order chi connectivity index (χ1) is 12.1. The van der Waals surface area contributed by atoms with E-state index in [2.05, 4.69) is 5.16 Å². The van der Waals surface area contributed by atoms with E-state index in [1.807, 2.05) is 42.1 Å². The van der Waals surface area contributed by atoms with Crippen LogP contribution in [0, 0.1) is 0 Å². The highest BCUT2D eigenvalue weighted by Gasteiger charge is 2.18. The van der Waals surface area contributed by atoms with Crippen LogP contribution in [0.4, 0.5) is 0 Å². The van der Waals surface area contributed by atoms with Crippen molar-refractivity contribution in [3.63, 3.8) is 0 Å². The maximum atomic E-state index is 9.63. The Bertz CT molecular complexity index is 919. The molecule has 1 N–H and O–H groups in total. The maximum Gasteiger partial charge on any atom is 0.203 e. The fourth-order valence-electron chi connectivity index (χ4n) is 2.93. The van der Waals surface area contributed by atoms with Crippen LogP contribution >= 0.6 is 0 Å². The molecule has 1 aromatic heterocycles. The number of oxime groups is 1. The second-order valence-electron chi connectivity index (χ2n) is 5.56. The van der Waals surface area contributed by atoms with Crippen LogP contribution in [-0.2, 0) is 7.05 Å². The molecule has 0 radical (unpaired) electrons. The summed E-state index contributed by atoms with van der Waals surface area (Å²) in [5, 5.41) is 14.2. The summed E-state index contributed by atoms with van der Waals surface area (Å²) in [6.07, 6.45) is 1.99. The van der Waals surface area contributed by atoms with Crippen molar-refractivity contribution in [2.75, 3.05) is 21.3 Å². The number of hydrogen-bond acceptors (Lipinski definition) is 5. The van der Waals surface area contributed by atoms with Gasteiger partial charge in [0.25, 0.3) is 0 Å². The molecule has 6 heteroatoms. The Morgan fingerprint density at radius 3 is 2.16 bits per heavy atom. The Hall–Kier alpha value is -3.15. The summed E-state index contributed by atoms with van der Waals surface area (Å²) in [5.74, 6) is 1.49. The van der Waals surface area contributed by atoms with E-state index in [-0.39, 0.29) is 0 Å². The van der Waals surface area contributed by atoms with Crippen molar-refractivity contribution in [1.82, 2.24) is 4.57 Å². The molecule has 6 nitrogen and oxygen atoms in total. The normalized spacial score (nSPS) is 11.6. The number of aryl methyl sites for hydroxylation is 1. The third-order valence-corrected chi connectivity index (χ3v) is 4.20. The number of hydrogen-bond donors (Lipinski definition) is 1. The van der Waals surface area contributed by atoms with Gasteiger partial charge < -0.3 is 24.0 Å². The lowest BCUT2D eigenvalue weighted by atomic mass is 10.00. The average molecular weight is 340 g/mol. The van der Waals surface area contributed by atoms with E-state index in [0.29, 0.717) is 28.5 Å². The number of fused-ring (bicyclic) bond motifs is 1. The van der Waals surface area contributed by atoms with E-state index in [4.69, 9.17) is 14.2 Å². The van der Waals surface area contributed by atoms with Crippen LogP contribution in [0.25, 0.3) is 10.9 Å². The molecule has 0 amide bonds. The summed E-state index contributed by atoms with van der Waals surface area (Å²) in [7, 11) is 6.63. The largest absolute Gasteiger partial charge is 0.493 e. The molecule has 25 heavy (non-hydrogen) atoms. The van der Waals surface area contributed by atoms with Gasteiger partial charge in [-0.2, -0.15) is 0 Å². The van der Waals surface area contributed by atoms with E-state index in [0.717, 1.165) is 16.5 Å². The highest BCUT2D eigenvalue weighted by molar-refractivity contribution is 6.14. The highest BCUT2D eigenvalue weighted by Crippen LogP contribution is 2.39. The summed E-state index contributed by atoms with van der Waals surface area (Å²) in [6.45, 7) is 0. The summed E-state index contributed by atoms with van der Waals surface area (Å²) >= 11 is 0. The van der Waals surface area contributed by atoms with Crippen molar-refractivity contribution in [3.05, 3.63) is 53.7 Å². The lowest BCUT2D eigenvalue weighted by Gasteiger charge is -2.15. The fraction of sp³-hybridized carbons (Fsp3) is 0.211. The number of nitrogens with zero attached hydrogens (tertiary/aromatic N) is 2. The summed E-state index contributed by atoms with van der Waals surface area (Å²) in [6, 6.07) is 11.4. The predicted molar refractivity (Wildman–Crippen MR) is 96.4 cm³/mol. The molecule has 0 aliphatic carbocycles. The lowest BCUT2D eigenvalue weighted by Crippen LogP contribution is -2.06. The number of ether oxygens (including phenoxy) is 3. The van der Waals surface area contributed by atoms with Crippen molar-refractivity contribution in [1.29, 1.82) is 0 Å². The predicted octanol–water partition coefficient (Wildman–Crippen LogP) is 3.43. The summed E-state index contributed by atoms with van der Waals surface area (Å²) in [5.41, 5.74) is 2.97. The molecule has 0 fully saturated rings. The molecule has 0 spiro atoms. The van der Waals surface area contributed by atoms with Crippen LogP contribution in [0.1, 0.15) is 11.1 Å². The van der Waals surface area contributed by atoms with Gasteiger partial charge in [0.05, 0.1) is 21.3 Å². The number of methoxy groups -OCH3 is 3. The molecule has 1 heterocycles. The van der Waals surface area contributed by atoms with Gasteiger partial charge in [0.1, 0.15) is 5.71 Å². The number of aromatic nitrogens is 1. The Balaban J connectivity index is 2.14. The molecule has 0 saturated heterocycles. The molecule has 0 aliphatic rings. The first-order valence-electron chi connectivity index (χ1n) is 7.70. The Labute approximate surface area is 145 Å². The molecule has 130 valence electrons. The zero-order valence-electron chi connectivity index (χ0n) is 14.6. The molecular weight excluding hydrogens is 320 g/mol. The summed E-state index contributed by atoms with van der Waals surface area (Å²) < 4.78 is 18.1. The first kappa shape index (κ1) is 16.7. The monoisotopic (exact) mass is 340 g/mol. The van der Waals surface area contributed by atoms with Crippen LogP contribution in [0.2, 0.25) is 0 Å². The van der Waals surface area contributed by atoms with Crippen molar-refractivity contribution in [2.45, 2.75) is 0 Å². The van der Waals surface area contributed by atoms with E-state index in [1.54, 1.807) is 33.5 Å². The molecule has 0 saturated carbocycles. The van der Waals surface area contributed by atoms with Crippen molar-refractivity contribution < 1.29 is 19.4 Å². The van der Waals surface area contributed by atoms with Crippen LogP contribution in [0.3, 0.4) is 0 Å². The van der Waals surface area contributed by atoms with E-state index in [9.17, 15) is 5.21 Å². The second kappa shape index (κ2) is 6.76. The third-order valence-electron chi connectivity index (χ3n) is 4.20.